The lowest BCUT2D eigenvalue weighted by atomic mass is 10.2. The number of carbonyl (C=O) groups is 2. The summed E-state index contributed by atoms with van der Waals surface area (Å²) >= 11 is 0. The van der Waals surface area contributed by atoms with Crippen LogP contribution in [-0.4, -0.2) is 38.9 Å². The summed E-state index contributed by atoms with van der Waals surface area (Å²) in [5.41, 5.74) is 1.39. The minimum Gasteiger partial charge on any atom is -0.353 e. The maximum Gasteiger partial charge on any atom is 0.416 e. The lowest BCUT2D eigenvalue weighted by Gasteiger charge is -2.28. The molecule has 1 aliphatic rings. The number of amides is 3. The van der Waals surface area contributed by atoms with E-state index in [-0.39, 0.29) is 24.2 Å². The van der Waals surface area contributed by atoms with Gasteiger partial charge in [0.15, 0.2) is 0 Å². The summed E-state index contributed by atoms with van der Waals surface area (Å²) < 4.78 is 40.4. The molecule has 1 saturated carbocycles. The Morgan fingerprint density at radius 3 is 2.23 bits per heavy atom. The van der Waals surface area contributed by atoms with E-state index in [9.17, 15) is 22.8 Å². The zero-order valence-corrected chi connectivity index (χ0v) is 19.3. The second kappa shape index (κ2) is 10.2. The molecule has 6 nitrogen and oxygen atoms in total. The van der Waals surface area contributed by atoms with Gasteiger partial charge in [0.05, 0.1) is 12.1 Å². The van der Waals surface area contributed by atoms with Crippen LogP contribution in [0.15, 0.2) is 72.9 Å². The number of anilines is 1. The maximum absolute atomic E-state index is 13.4. The Hall–Kier alpha value is -3.75. The molecule has 4 rings (SSSR count). The highest BCUT2D eigenvalue weighted by Crippen LogP contribution is 2.31. The summed E-state index contributed by atoms with van der Waals surface area (Å²) in [6.45, 7) is 0.661. The third kappa shape index (κ3) is 6.44. The van der Waals surface area contributed by atoms with Crippen molar-refractivity contribution >= 4 is 17.6 Å². The van der Waals surface area contributed by atoms with Crippen molar-refractivity contribution in [3.63, 3.8) is 0 Å². The van der Waals surface area contributed by atoms with Crippen LogP contribution < -0.4 is 5.32 Å². The van der Waals surface area contributed by atoms with Gasteiger partial charge >= 0.3 is 12.2 Å². The monoisotopic (exact) mass is 484 g/mol. The SMILES string of the molecule is Cn1cccc1CN(Cc1ccccc1)C(=O)CN(C(=O)Nc1ccc(C(F)(F)F)cc1)C1CC1. The minimum absolute atomic E-state index is 0.0676. The second-order valence-corrected chi connectivity index (χ2v) is 8.71. The van der Waals surface area contributed by atoms with Crippen LogP contribution in [0.4, 0.5) is 23.7 Å². The Balaban J connectivity index is 1.47. The Bertz CT molecular complexity index is 1160. The van der Waals surface area contributed by atoms with E-state index in [0.29, 0.717) is 13.1 Å². The number of halogens is 3. The van der Waals surface area contributed by atoms with Crippen molar-refractivity contribution in [3.8, 4) is 0 Å². The molecule has 9 heteroatoms. The van der Waals surface area contributed by atoms with E-state index in [1.54, 1.807) is 4.90 Å². The maximum atomic E-state index is 13.4. The molecule has 3 amide bonds. The summed E-state index contributed by atoms with van der Waals surface area (Å²) in [4.78, 5) is 29.6. The number of nitrogens with zero attached hydrogens (tertiary/aromatic N) is 3. The lowest BCUT2D eigenvalue weighted by molar-refractivity contribution is -0.137. The van der Waals surface area contributed by atoms with Gasteiger partial charge in [-0.3, -0.25) is 4.79 Å². The van der Waals surface area contributed by atoms with Gasteiger partial charge in [0, 0.05) is 37.2 Å². The molecule has 1 N–H and O–H groups in total. The van der Waals surface area contributed by atoms with Crippen molar-refractivity contribution in [1.29, 1.82) is 0 Å². The first-order valence-electron chi connectivity index (χ1n) is 11.4. The van der Waals surface area contributed by atoms with E-state index < -0.39 is 17.8 Å². The van der Waals surface area contributed by atoms with E-state index in [2.05, 4.69) is 5.32 Å². The second-order valence-electron chi connectivity index (χ2n) is 8.71. The number of rotatable bonds is 8. The van der Waals surface area contributed by atoms with Crippen LogP contribution in [0.25, 0.3) is 0 Å². The molecule has 0 spiro atoms. The molecule has 0 saturated heterocycles. The van der Waals surface area contributed by atoms with E-state index in [1.807, 2.05) is 60.3 Å². The van der Waals surface area contributed by atoms with E-state index in [1.165, 1.54) is 17.0 Å². The zero-order chi connectivity index (χ0) is 25.0. The van der Waals surface area contributed by atoms with Gasteiger partial charge in [-0.1, -0.05) is 30.3 Å². The van der Waals surface area contributed by atoms with Crippen LogP contribution in [0.3, 0.4) is 0 Å². The number of aryl methyl sites for hydroxylation is 1. The summed E-state index contributed by atoms with van der Waals surface area (Å²) in [6, 6.07) is 17.2. The fourth-order valence-electron chi connectivity index (χ4n) is 3.83. The first-order valence-corrected chi connectivity index (χ1v) is 11.4. The number of aromatic nitrogens is 1. The van der Waals surface area contributed by atoms with Gasteiger partial charge in [0.1, 0.15) is 6.54 Å². The average Bonchev–Trinajstić information content (AvgIpc) is 3.59. The molecule has 0 bridgehead atoms. The molecular formula is C26H27F3N4O2. The molecule has 0 atom stereocenters. The Labute approximate surface area is 201 Å². The first kappa shape index (κ1) is 24.4. The fourth-order valence-corrected chi connectivity index (χ4v) is 3.83. The van der Waals surface area contributed by atoms with Gasteiger partial charge in [0.2, 0.25) is 5.91 Å². The molecule has 35 heavy (non-hydrogen) atoms. The number of benzene rings is 2. The first-order chi connectivity index (χ1) is 16.7. The van der Waals surface area contributed by atoms with Gasteiger partial charge < -0.3 is 19.7 Å². The molecule has 0 aliphatic heterocycles. The lowest BCUT2D eigenvalue weighted by Crippen LogP contribution is -2.45. The molecule has 2 aromatic carbocycles. The highest BCUT2D eigenvalue weighted by Gasteiger charge is 2.35. The summed E-state index contributed by atoms with van der Waals surface area (Å²) in [7, 11) is 1.91. The number of alkyl halides is 3. The highest BCUT2D eigenvalue weighted by atomic mass is 19.4. The predicted molar refractivity (Wildman–Crippen MR) is 126 cm³/mol. The van der Waals surface area contributed by atoms with Gasteiger partial charge in [-0.25, -0.2) is 4.79 Å². The largest absolute Gasteiger partial charge is 0.416 e. The van der Waals surface area contributed by atoms with Crippen LogP contribution in [0.5, 0.6) is 0 Å². The average molecular weight is 485 g/mol. The molecule has 0 radical (unpaired) electrons. The normalized spacial score (nSPS) is 13.4. The minimum atomic E-state index is -4.45. The van der Waals surface area contributed by atoms with Crippen molar-refractivity contribution in [2.45, 2.75) is 38.1 Å². The summed E-state index contributed by atoms with van der Waals surface area (Å²) in [5.74, 6) is -0.204. The van der Waals surface area contributed by atoms with Crippen molar-refractivity contribution in [3.05, 3.63) is 89.7 Å². The predicted octanol–water partition coefficient (Wildman–Crippen LogP) is 5.27. The summed E-state index contributed by atoms with van der Waals surface area (Å²) in [6.07, 6.45) is -0.974. The third-order valence-electron chi connectivity index (χ3n) is 5.99. The van der Waals surface area contributed by atoms with E-state index >= 15 is 0 Å². The van der Waals surface area contributed by atoms with Gasteiger partial charge in [-0.05, 0) is 54.8 Å². The van der Waals surface area contributed by atoms with Gasteiger partial charge in [-0.2, -0.15) is 13.2 Å². The van der Waals surface area contributed by atoms with Crippen LogP contribution >= 0.6 is 0 Å². The Morgan fingerprint density at radius 1 is 0.971 bits per heavy atom. The van der Waals surface area contributed by atoms with Crippen molar-refractivity contribution in [2.75, 3.05) is 11.9 Å². The standard InChI is InChI=1S/C26H27F3N4O2/c1-31-15-5-8-23(31)17-32(16-19-6-3-2-4-7-19)24(34)18-33(22-13-14-22)25(35)30-21-11-9-20(10-12-21)26(27,28)29/h2-12,15,22H,13-14,16-18H2,1H3,(H,30,35). The number of carbonyl (C=O) groups excluding carboxylic acids is 2. The molecule has 184 valence electrons. The molecular weight excluding hydrogens is 457 g/mol. The van der Waals surface area contributed by atoms with Gasteiger partial charge in [0.25, 0.3) is 0 Å². The van der Waals surface area contributed by atoms with Crippen molar-refractivity contribution < 1.29 is 22.8 Å². The Morgan fingerprint density at radius 2 is 1.66 bits per heavy atom. The topological polar surface area (TPSA) is 57.6 Å². The molecule has 1 heterocycles. The van der Waals surface area contributed by atoms with E-state index in [4.69, 9.17) is 0 Å². The quantitative estimate of drug-likeness (QED) is 0.474. The number of urea groups is 1. The van der Waals surface area contributed by atoms with Crippen LogP contribution in [-0.2, 0) is 31.1 Å². The number of nitrogens with one attached hydrogen (secondary N) is 1. The molecule has 3 aromatic rings. The number of hydrogen-bond donors (Lipinski definition) is 1. The fraction of sp³-hybridized carbons (Fsp3) is 0.308. The third-order valence-corrected chi connectivity index (χ3v) is 5.99. The van der Waals surface area contributed by atoms with Crippen LogP contribution in [0.2, 0.25) is 0 Å². The highest BCUT2D eigenvalue weighted by molar-refractivity contribution is 5.92. The van der Waals surface area contributed by atoms with E-state index in [0.717, 1.165) is 36.2 Å². The van der Waals surface area contributed by atoms with Crippen LogP contribution in [0.1, 0.15) is 29.7 Å². The zero-order valence-electron chi connectivity index (χ0n) is 19.3. The van der Waals surface area contributed by atoms with Crippen LogP contribution in [0, 0.1) is 0 Å². The summed E-state index contributed by atoms with van der Waals surface area (Å²) in [5, 5.41) is 2.64. The molecule has 1 aliphatic carbocycles. The van der Waals surface area contributed by atoms with Crippen molar-refractivity contribution in [2.24, 2.45) is 7.05 Å². The smallest absolute Gasteiger partial charge is 0.353 e. The molecule has 1 fully saturated rings. The van der Waals surface area contributed by atoms with Gasteiger partial charge in [-0.15, -0.1) is 0 Å². The van der Waals surface area contributed by atoms with Crippen molar-refractivity contribution in [1.82, 2.24) is 14.4 Å². The molecule has 0 unspecified atom stereocenters. The number of hydrogen-bond acceptors (Lipinski definition) is 2. The Kier molecular flexibility index (Phi) is 7.14. The molecule has 1 aromatic heterocycles.